The van der Waals surface area contributed by atoms with Gasteiger partial charge in [0.15, 0.2) is 0 Å². The monoisotopic (exact) mass is 404 g/mol. The lowest BCUT2D eigenvalue weighted by Crippen LogP contribution is -2.34. The van der Waals surface area contributed by atoms with Crippen LogP contribution in [0.4, 0.5) is 5.69 Å². The first-order chi connectivity index (χ1) is 13.6. The van der Waals surface area contributed by atoms with Crippen molar-refractivity contribution in [3.8, 4) is 0 Å². The van der Waals surface area contributed by atoms with Gasteiger partial charge in [-0.1, -0.05) is 32.0 Å². The summed E-state index contributed by atoms with van der Waals surface area (Å²) in [5.74, 6) is -3.08. The van der Waals surface area contributed by atoms with Crippen LogP contribution in [0.1, 0.15) is 39.2 Å². The number of esters is 2. The van der Waals surface area contributed by atoms with Crippen molar-refractivity contribution in [2.45, 2.75) is 39.9 Å². The fraction of sp³-hybridized carbons (Fsp3) is 0.400. The number of para-hydroxylation sites is 1. The molecule has 0 saturated heterocycles. The van der Waals surface area contributed by atoms with E-state index in [1.54, 1.807) is 33.8 Å². The number of hydrogen-bond donors (Lipinski definition) is 2. The Hall–Kier alpha value is -3.20. The number of dihydropyridines is 1. The van der Waals surface area contributed by atoms with Gasteiger partial charge in [-0.05, 0) is 13.8 Å². The van der Waals surface area contributed by atoms with E-state index in [1.807, 2.05) is 0 Å². The van der Waals surface area contributed by atoms with Crippen molar-refractivity contribution in [2.75, 3.05) is 7.11 Å². The Morgan fingerprint density at radius 2 is 1.69 bits per heavy atom. The molecule has 9 heteroatoms. The van der Waals surface area contributed by atoms with E-state index in [0.717, 1.165) is 0 Å². The Kier molecular flexibility index (Phi) is 6.76. The summed E-state index contributed by atoms with van der Waals surface area (Å²) in [6.45, 7) is 6.55. The van der Waals surface area contributed by atoms with Crippen molar-refractivity contribution in [2.24, 2.45) is 5.92 Å². The van der Waals surface area contributed by atoms with E-state index in [9.17, 15) is 24.8 Å². The Labute approximate surface area is 168 Å². The van der Waals surface area contributed by atoms with Crippen LogP contribution in [-0.4, -0.2) is 35.4 Å². The molecule has 2 rings (SSSR count). The van der Waals surface area contributed by atoms with Gasteiger partial charge in [0.2, 0.25) is 6.29 Å². The van der Waals surface area contributed by atoms with Crippen molar-refractivity contribution < 1.29 is 29.1 Å². The van der Waals surface area contributed by atoms with Gasteiger partial charge in [-0.3, -0.25) is 10.1 Å². The van der Waals surface area contributed by atoms with Crippen LogP contribution in [0, 0.1) is 16.0 Å². The highest BCUT2D eigenvalue weighted by molar-refractivity contribution is 6.00. The van der Waals surface area contributed by atoms with Crippen molar-refractivity contribution in [1.82, 2.24) is 5.32 Å². The maximum atomic E-state index is 12.9. The van der Waals surface area contributed by atoms with Crippen LogP contribution in [0.15, 0.2) is 46.8 Å². The Bertz CT molecular complexity index is 902. The number of hydrogen-bond acceptors (Lipinski definition) is 8. The first-order valence-corrected chi connectivity index (χ1v) is 8.99. The summed E-state index contributed by atoms with van der Waals surface area (Å²) in [7, 11) is 1.19. The molecule has 0 aliphatic carbocycles. The number of nitrogens with one attached hydrogen (secondary N) is 1. The molecule has 1 aromatic carbocycles. The Balaban J connectivity index is 2.71. The minimum Gasteiger partial charge on any atom is -0.466 e. The smallest absolute Gasteiger partial charge is 0.339 e. The van der Waals surface area contributed by atoms with Gasteiger partial charge in [0.1, 0.15) is 0 Å². The van der Waals surface area contributed by atoms with E-state index in [1.165, 1.54) is 25.3 Å². The van der Waals surface area contributed by atoms with Crippen molar-refractivity contribution in [1.29, 1.82) is 0 Å². The van der Waals surface area contributed by atoms with Crippen LogP contribution >= 0.6 is 0 Å². The molecule has 1 aliphatic rings. The Morgan fingerprint density at radius 3 is 2.21 bits per heavy atom. The van der Waals surface area contributed by atoms with E-state index in [4.69, 9.17) is 9.47 Å². The standard InChI is InChI=1S/C20H24N2O7/c1-10(2)18(23)29-20(25)16-12(4)21-11(3)15(19(24)28-5)17(16)13-8-6-7-9-14(13)22(26)27/h6-10,17-18,21,23H,1-5H3. The zero-order chi connectivity index (χ0) is 21.9. The molecule has 9 nitrogen and oxygen atoms in total. The molecule has 0 amide bonds. The molecule has 0 aromatic heterocycles. The summed E-state index contributed by atoms with van der Waals surface area (Å²) in [6, 6.07) is 5.84. The van der Waals surface area contributed by atoms with Crippen molar-refractivity contribution in [3.05, 3.63) is 62.5 Å². The highest BCUT2D eigenvalue weighted by atomic mass is 16.6. The third-order valence-corrected chi connectivity index (χ3v) is 4.63. The predicted octanol–water partition coefficient (Wildman–Crippen LogP) is 2.52. The second-order valence-electron chi connectivity index (χ2n) is 6.98. The summed E-state index contributed by atoms with van der Waals surface area (Å²) < 4.78 is 10.0. The highest BCUT2D eigenvalue weighted by Crippen LogP contribution is 2.42. The number of carbonyl (C=O) groups excluding carboxylic acids is 2. The summed E-state index contributed by atoms with van der Waals surface area (Å²) in [4.78, 5) is 36.5. The van der Waals surface area contributed by atoms with E-state index in [0.29, 0.717) is 11.4 Å². The molecule has 0 fully saturated rings. The lowest BCUT2D eigenvalue weighted by atomic mass is 9.79. The van der Waals surface area contributed by atoms with Gasteiger partial charge >= 0.3 is 11.9 Å². The van der Waals surface area contributed by atoms with Gasteiger partial charge in [-0.15, -0.1) is 0 Å². The molecule has 1 aromatic rings. The molecule has 2 unspecified atom stereocenters. The number of rotatable bonds is 6. The maximum absolute atomic E-state index is 12.9. The van der Waals surface area contributed by atoms with E-state index >= 15 is 0 Å². The topological polar surface area (TPSA) is 128 Å². The fourth-order valence-corrected chi connectivity index (χ4v) is 3.16. The molecule has 29 heavy (non-hydrogen) atoms. The number of carbonyl (C=O) groups is 2. The van der Waals surface area contributed by atoms with Crippen LogP contribution < -0.4 is 5.32 Å². The maximum Gasteiger partial charge on any atom is 0.339 e. The molecule has 0 radical (unpaired) electrons. The lowest BCUT2D eigenvalue weighted by Gasteiger charge is -2.30. The second kappa shape index (κ2) is 8.87. The highest BCUT2D eigenvalue weighted by Gasteiger charge is 2.41. The first kappa shape index (κ1) is 22.1. The minimum atomic E-state index is -1.37. The van der Waals surface area contributed by atoms with Gasteiger partial charge in [-0.2, -0.15) is 0 Å². The number of allylic oxidation sites excluding steroid dienone is 2. The Morgan fingerprint density at radius 1 is 1.14 bits per heavy atom. The molecular weight excluding hydrogens is 380 g/mol. The lowest BCUT2D eigenvalue weighted by molar-refractivity contribution is -0.385. The number of aliphatic hydroxyl groups excluding tert-OH is 1. The third kappa shape index (κ3) is 4.45. The SMILES string of the molecule is COC(=O)C1=C(C)NC(C)=C(C(=O)OC(O)C(C)C)C1c1ccccc1[N+](=O)[O-]. The third-order valence-electron chi connectivity index (χ3n) is 4.63. The van der Waals surface area contributed by atoms with Crippen molar-refractivity contribution in [3.63, 3.8) is 0 Å². The summed E-state index contributed by atoms with van der Waals surface area (Å²) in [5, 5.41) is 24.5. The van der Waals surface area contributed by atoms with Crippen LogP contribution in [-0.2, 0) is 19.1 Å². The molecule has 2 atom stereocenters. The molecule has 0 saturated carbocycles. The average Bonchev–Trinajstić information content (AvgIpc) is 2.66. The molecule has 0 bridgehead atoms. The fourth-order valence-electron chi connectivity index (χ4n) is 3.16. The average molecular weight is 404 g/mol. The number of methoxy groups -OCH3 is 1. The predicted molar refractivity (Wildman–Crippen MR) is 103 cm³/mol. The summed E-state index contributed by atoms with van der Waals surface area (Å²) in [5.41, 5.74) is 0.696. The molecular formula is C20H24N2O7. The summed E-state index contributed by atoms with van der Waals surface area (Å²) in [6.07, 6.45) is -1.37. The number of benzene rings is 1. The molecule has 1 heterocycles. The van der Waals surface area contributed by atoms with Crippen LogP contribution in [0.25, 0.3) is 0 Å². The van der Waals surface area contributed by atoms with Crippen LogP contribution in [0.2, 0.25) is 0 Å². The van der Waals surface area contributed by atoms with Gasteiger partial charge in [0.25, 0.3) is 5.69 Å². The quantitative estimate of drug-likeness (QED) is 0.320. The number of aliphatic hydroxyl groups is 1. The van der Waals surface area contributed by atoms with E-state index in [2.05, 4.69) is 5.32 Å². The second-order valence-corrected chi connectivity index (χ2v) is 6.98. The molecule has 2 N–H and O–H groups in total. The molecule has 0 spiro atoms. The van der Waals surface area contributed by atoms with Gasteiger partial charge in [-0.25, -0.2) is 9.59 Å². The zero-order valence-corrected chi connectivity index (χ0v) is 16.9. The van der Waals surface area contributed by atoms with Gasteiger partial charge < -0.3 is 19.9 Å². The minimum absolute atomic E-state index is 0.00926. The van der Waals surface area contributed by atoms with Crippen LogP contribution in [0.3, 0.4) is 0 Å². The normalized spacial score (nSPS) is 17.7. The number of ether oxygens (including phenoxy) is 2. The number of nitro benzene ring substituents is 1. The van der Waals surface area contributed by atoms with Gasteiger partial charge in [0, 0.05) is 28.9 Å². The van der Waals surface area contributed by atoms with E-state index < -0.39 is 29.1 Å². The number of nitro groups is 1. The van der Waals surface area contributed by atoms with Crippen molar-refractivity contribution >= 4 is 17.6 Å². The molecule has 156 valence electrons. The molecule has 1 aliphatic heterocycles. The largest absolute Gasteiger partial charge is 0.466 e. The summed E-state index contributed by atoms with van der Waals surface area (Å²) >= 11 is 0. The first-order valence-electron chi connectivity index (χ1n) is 8.99. The zero-order valence-electron chi connectivity index (χ0n) is 16.9. The van der Waals surface area contributed by atoms with Gasteiger partial charge in [0.05, 0.1) is 29.1 Å². The van der Waals surface area contributed by atoms with Crippen LogP contribution in [0.5, 0.6) is 0 Å². The number of nitrogens with zero attached hydrogens (tertiary/aromatic N) is 1. The van der Waals surface area contributed by atoms with E-state index in [-0.39, 0.29) is 28.3 Å².